The molecule has 0 bridgehead atoms. The molecule has 2 rings (SSSR count). The van der Waals surface area contributed by atoms with E-state index in [4.69, 9.17) is 0 Å². The summed E-state index contributed by atoms with van der Waals surface area (Å²) >= 11 is 0. The monoisotopic (exact) mass is 295 g/mol. The van der Waals surface area contributed by atoms with Crippen molar-refractivity contribution in [2.45, 2.75) is 46.0 Å². The molecule has 1 aliphatic carbocycles. The zero-order chi connectivity index (χ0) is 15.2. The van der Waals surface area contributed by atoms with E-state index in [2.05, 4.69) is 24.5 Å². The van der Waals surface area contributed by atoms with Crippen LogP contribution >= 0.6 is 0 Å². The molecule has 2 aliphatic rings. The fraction of sp³-hybridized carbons (Fsp3) is 0.875. The van der Waals surface area contributed by atoms with Crippen molar-refractivity contribution in [1.29, 1.82) is 0 Å². The lowest BCUT2D eigenvalue weighted by Crippen LogP contribution is -2.47. The van der Waals surface area contributed by atoms with E-state index < -0.39 is 0 Å². The Morgan fingerprint density at radius 2 is 1.90 bits per heavy atom. The van der Waals surface area contributed by atoms with E-state index >= 15 is 0 Å². The molecular weight excluding hydrogens is 266 g/mol. The highest BCUT2D eigenvalue weighted by Gasteiger charge is 2.26. The molecule has 3 amide bonds. The molecular formula is C16H29N3O2. The van der Waals surface area contributed by atoms with Gasteiger partial charge < -0.3 is 15.5 Å². The second kappa shape index (κ2) is 7.66. The SMILES string of the molecule is CC(C)CNC(=O)N1CCC[C@H](CC(=O)NCC2CC2)C1. The molecule has 5 nitrogen and oxygen atoms in total. The van der Waals surface area contributed by atoms with E-state index in [9.17, 15) is 9.59 Å². The Kier molecular flexibility index (Phi) is 5.88. The van der Waals surface area contributed by atoms with Crippen molar-refractivity contribution in [2.24, 2.45) is 17.8 Å². The average molecular weight is 295 g/mol. The number of likely N-dealkylation sites (tertiary alicyclic amines) is 1. The second-order valence-corrected chi connectivity index (χ2v) is 6.99. The van der Waals surface area contributed by atoms with Gasteiger partial charge in [0.15, 0.2) is 0 Å². The van der Waals surface area contributed by atoms with Gasteiger partial charge >= 0.3 is 6.03 Å². The molecule has 2 fully saturated rings. The van der Waals surface area contributed by atoms with Crippen LogP contribution in [0, 0.1) is 17.8 Å². The van der Waals surface area contributed by atoms with Gasteiger partial charge in [0.2, 0.25) is 5.91 Å². The summed E-state index contributed by atoms with van der Waals surface area (Å²) in [6.07, 6.45) is 5.11. The summed E-state index contributed by atoms with van der Waals surface area (Å²) in [4.78, 5) is 25.8. The van der Waals surface area contributed by atoms with Crippen LogP contribution in [0.3, 0.4) is 0 Å². The van der Waals surface area contributed by atoms with E-state index in [1.807, 2.05) is 4.90 Å². The van der Waals surface area contributed by atoms with Crippen molar-refractivity contribution < 1.29 is 9.59 Å². The number of urea groups is 1. The second-order valence-electron chi connectivity index (χ2n) is 6.99. The standard InChI is InChI=1S/C16H29N3O2/c1-12(2)9-18-16(21)19-7-3-4-14(11-19)8-15(20)17-10-13-5-6-13/h12-14H,3-11H2,1-2H3,(H,17,20)(H,18,21)/t14-/m1/s1. The van der Waals surface area contributed by atoms with Gasteiger partial charge in [-0.3, -0.25) is 4.79 Å². The number of carbonyl (C=O) groups excluding carboxylic acids is 2. The lowest BCUT2D eigenvalue weighted by atomic mass is 9.94. The summed E-state index contributed by atoms with van der Waals surface area (Å²) in [5.41, 5.74) is 0. The van der Waals surface area contributed by atoms with E-state index in [0.29, 0.717) is 31.3 Å². The Bertz CT molecular complexity index is 367. The van der Waals surface area contributed by atoms with Gasteiger partial charge in [-0.15, -0.1) is 0 Å². The predicted molar refractivity (Wildman–Crippen MR) is 82.9 cm³/mol. The Labute approximate surface area is 127 Å². The largest absolute Gasteiger partial charge is 0.356 e. The smallest absolute Gasteiger partial charge is 0.317 e. The summed E-state index contributed by atoms with van der Waals surface area (Å²) in [5.74, 6) is 1.64. The molecule has 0 radical (unpaired) electrons. The molecule has 1 atom stereocenters. The van der Waals surface area contributed by atoms with Crippen LogP contribution in [0.2, 0.25) is 0 Å². The van der Waals surface area contributed by atoms with Crippen molar-refractivity contribution in [3.8, 4) is 0 Å². The van der Waals surface area contributed by atoms with Gasteiger partial charge in [-0.2, -0.15) is 0 Å². The van der Waals surface area contributed by atoms with E-state index in [0.717, 1.165) is 31.8 Å². The number of hydrogen-bond acceptors (Lipinski definition) is 2. The zero-order valence-electron chi connectivity index (χ0n) is 13.4. The Hall–Kier alpha value is -1.26. The molecule has 0 aromatic heterocycles. The maximum Gasteiger partial charge on any atom is 0.317 e. The normalized spacial score (nSPS) is 22.2. The summed E-state index contributed by atoms with van der Waals surface area (Å²) < 4.78 is 0. The van der Waals surface area contributed by atoms with Gasteiger partial charge in [-0.25, -0.2) is 4.79 Å². The highest BCUT2D eigenvalue weighted by molar-refractivity contribution is 5.77. The lowest BCUT2D eigenvalue weighted by molar-refractivity contribution is -0.122. The number of piperidine rings is 1. The fourth-order valence-corrected chi connectivity index (χ4v) is 2.73. The maximum absolute atomic E-state index is 12.1. The maximum atomic E-state index is 12.1. The molecule has 120 valence electrons. The third-order valence-corrected chi connectivity index (χ3v) is 4.23. The van der Waals surface area contributed by atoms with Crippen LogP contribution in [-0.4, -0.2) is 43.0 Å². The average Bonchev–Trinajstić information content (AvgIpc) is 3.27. The van der Waals surface area contributed by atoms with Crippen molar-refractivity contribution in [1.82, 2.24) is 15.5 Å². The van der Waals surface area contributed by atoms with Crippen LogP contribution in [0.4, 0.5) is 4.79 Å². The van der Waals surface area contributed by atoms with Crippen molar-refractivity contribution in [3.63, 3.8) is 0 Å². The third kappa shape index (κ3) is 5.94. The van der Waals surface area contributed by atoms with Crippen molar-refractivity contribution >= 4 is 11.9 Å². The molecule has 21 heavy (non-hydrogen) atoms. The third-order valence-electron chi connectivity index (χ3n) is 4.23. The highest BCUT2D eigenvalue weighted by atomic mass is 16.2. The van der Waals surface area contributed by atoms with Gasteiger partial charge in [0, 0.05) is 32.6 Å². The first-order valence-corrected chi connectivity index (χ1v) is 8.34. The number of nitrogens with zero attached hydrogens (tertiary/aromatic N) is 1. The molecule has 1 saturated carbocycles. The topological polar surface area (TPSA) is 61.4 Å². The van der Waals surface area contributed by atoms with Gasteiger partial charge in [0.05, 0.1) is 0 Å². The molecule has 2 N–H and O–H groups in total. The van der Waals surface area contributed by atoms with E-state index in [1.54, 1.807) is 0 Å². The van der Waals surface area contributed by atoms with Crippen LogP contribution in [0.5, 0.6) is 0 Å². The van der Waals surface area contributed by atoms with Gasteiger partial charge in [0.25, 0.3) is 0 Å². The number of rotatable bonds is 6. The van der Waals surface area contributed by atoms with Crippen LogP contribution in [0.15, 0.2) is 0 Å². The molecule has 0 unspecified atom stereocenters. The van der Waals surface area contributed by atoms with Gasteiger partial charge in [0.1, 0.15) is 0 Å². The minimum absolute atomic E-state index is 0.0202. The van der Waals surface area contributed by atoms with Crippen molar-refractivity contribution in [3.05, 3.63) is 0 Å². The minimum Gasteiger partial charge on any atom is -0.356 e. The first-order chi connectivity index (χ1) is 10.0. The summed E-state index contributed by atoms with van der Waals surface area (Å²) in [6.45, 7) is 7.24. The first kappa shape index (κ1) is 16.1. The fourth-order valence-electron chi connectivity index (χ4n) is 2.73. The molecule has 0 spiro atoms. The number of nitrogens with one attached hydrogen (secondary N) is 2. The summed E-state index contributed by atoms with van der Waals surface area (Å²) in [7, 11) is 0. The minimum atomic E-state index is 0.0202. The van der Waals surface area contributed by atoms with Crippen LogP contribution in [0.1, 0.15) is 46.0 Å². The number of carbonyl (C=O) groups is 2. The Balaban J connectivity index is 1.69. The van der Waals surface area contributed by atoms with E-state index in [1.165, 1.54) is 12.8 Å². The summed E-state index contributed by atoms with van der Waals surface area (Å²) in [5, 5.41) is 5.98. The highest BCUT2D eigenvalue weighted by Crippen LogP contribution is 2.27. The number of hydrogen-bond donors (Lipinski definition) is 2. The van der Waals surface area contributed by atoms with Gasteiger partial charge in [-0.1, -0.05) is 13.8 Å². The van der Waals surface area contributed by atoms with E-state index in [-0.39, 0.29) is 11.9 Å². The zero-order valence-corrected chi connectivity index (χ0v) is 13.4. The lowest BCUT2D eigenvalue weighted by Gasteiger charge is -2.32. The van der Waals surface area contributed by atoms with Crippen LogP contribution < -0.4 is 10.6 Å². The Morgan fingerprint density at radius 3 is 2.57 bits per heavy atom. The number of amides is 3. The Morgan fingerprint density at radius 1 is 1.14 bits per heavy atom. The molecule has 0 aromatic carbocycles. The quantitative estimate of drug-likeness (QED) is 0.787. The molecule has 1 saturated heterocycles. The van der Waals surface area contributed by atoms with Crippen LogP contribution in [-0.2, 0) is 4.79 Å². The van der Waals surface area contributed by atoms with Crippen LogP contribution in [0.25, 0.3) is 0 Å². The summed E-state index contributed by atoms with van der Waals surface area (Å²) in [6, 6.07) is 0.0202. The molecule has 0 aromatic rings. The van der Waals surface area contributed by atoms with Gasteiger partial charge in [-0.05, 0) is 43.4 Å². The molecule has 5 heteroatoms. The first-order valence-electron chi connectivity index (χ1n) is 8.34. The molecule has 1 aliphatic heterocycles. The predicted octanol–water partition coefficient (Wildman–Crippen LogP) is 1.98. The molecule has 1 heterocycles. The van der Waals surface area contributed by atoms with Crippen molar-refractivity contribution in [2.75, 3.05) is 26.2 Å².